The predicted molar refractivity (Wildman–Crippen MR) is 51.0 cm³/mol. The SMILES string of the molecule is Cc1cc(=O)n2c(n1)NCCCC2. The Kier molecular flexibility index (Phi) is 2.04. The van der Waals surface area contributed by atoms with Crippen LogP contribution < -0.4 is 10.9 Å². The Balaban J connectivity index is 2.53. The van der Waals surface area contributed by atoms with E-state index in [9.17, 15) is 4.79 Å². The topological polar surface area (TPSA) is 46.9 Å². The summed E-state index contributed by atoms with van der Waals surface area (Å²) < 4.78 is 1.71. The molecular formula is C9H13N3O. The summed E-state index contributed by atoms with van der Waals surface area (Å²) in [6, 6.07) is 1.58. The van der Waals surface area contributed by atoms with Gasteiger partial charge in [0.05, 0.1) is 0 Å². The molecule has 1 aromatic heterocycles. The monoisotopic (exact) mass is 179 g/mol. The Morgan fingerprint density at radius 1 is 1.54 bits per heavy atom. The van der Waals surface area contributed by atoms with E-state index >= 15 is 0 Å². The molecule has 0 saturated carbocycles. The van der Waals surface area contributed by atoms with E-state index in [-0.39, 0.29) is 5.56 Å². The van der Waals surface area contributed by atoms with Gasteiger partial charge in [0.15, 0.2) is 0 Å². The molecule has 0 fully saturated rings. The van der Waals surface area contributed by atoms with Crippen molar-refractivity contribution in [1.82, 2.24) is 9.55 Å². The number of aryl methyl sites for hydroxylation is 1. The van der Waals surface area contributed by atoms with Gasteiger partial charge in [-0.05, 0) is 19.8 Å². The highest BCUT2D eigenvalue weighted by Gasteiger charge is 2.09. The van der Waals surface area contributed by atoms with Gasteiger partial charge in [-0.15, -0.1) is 0 Å². The fraction of sp³-hybridized carbons (Fsp3) is 0.556. The Morgan fingerprint density at radius 2 is 2.38 bits per heavy atom. The van der Waals surface area contributed by atoms with E-state index in [1.807, 2.05) is 6.92 Å². The molecule has 4 heteroatoms. The summed E-state index contributed by atoms with van der Waals surface area (Å²) in [5.74, 6) is 0.725. The molecule has 0 aromatic carbocycles. The van der Waals surface area contributed by atoms with E-state index in [0.717, 1.165) is 37.6 Å². The van der Waals surface area contributed by atoms with Gasteiger partial charge < -0.3 is 5.32 Å². The van der Waals surface area contributed by atoms with Crippen molar-refractivity contribution >= 4 is 5.95 Å². The molecule has 0 saturated heterocycles. The van der Waals surface area contributed by atoms with Crippen LogP contribution in [0.1, 0.15) is 18.5 Å². The molecule has 0 aliphatic carbocycles. The summed E-state index contributed by atoms with van der Waals surface area (Å²) in [6.45, 7) is 3.54. The summed E-state index contributed by atoms with van der Waals surface area (Å²) >= 11 is 0. The number of aromatic nitrogens is 2. The largest absolute Gasteiger partial charge is 0.356 e. The molecule has 70 valence electrons. The van der Waals surface area contributed by atoms with Crippen molar-refractivity contribution in [2.24, 2.45) is 0 Å². The van der Waals surface area contributed by atoms with Gasteiger partial charge >= 0.3 is 0 Å². The van der Waals surface area contributed by atoms with Crippen LogP contribution in [-0.4, -0.2) is 16.1 Å². The molecule has 2 rings (SSSR count). The summed E-state index contributed by atoms with van der Waals surface area (Å²) in [5, 5.41) is 3.16. The van der Waals surface area contributed by atoms with Crippen molar-refractivity contribution in [2.75, 3.05) is 11.9 Å². The van der Waals surface area contributed by atoms with Crippen LogP contribution in [0.5, 0.6) is 0 Å². The maximum absolute atomic E-state index is 11.5. The van der Waals surface area contributed by atoms with E-state index in [4.69, 9.17) is 0 Å². The summed E-state index contributed by atoms with van der Waals surface area (Å²) in [4.78, 5) is 15.8. The number of nitrogens with one attached hydrogen (secondary N) is 1. The number of nitrogens with zero attached hydrogens (tertiary/aromatic N) is 2. The Bertz CT molecular complexity index is 370. The van der Waals surface area contributed by atoms with Crippen molar-refractivity contribution < 1.29 is 0 Å². The fourth-order valence-corrected chi connectivity index (χ4v) is 1.57. The molecule has 1 aromatic rings. The van der Waals surface area contributed by atoms with E-state index in [1.54, 1.807) is 10.6 Å². The van der Waals surface area contributed by atoms with Crippen LogP contribution in [0.3, 0.4) is 0 Å². The Hall–Kier alpha value is -1.32. The molecule has 0 unspecified atom stereocenters. The number of rotatable bonds is 0. The highest BCUT2D eigenvalue weighted by atomic mass is 16.1. The van der Waals surface area contributed by atoms with E-state index in [0.29, 0.717) is 0 Å². The van der Waals surface area contributed by atoms with Crippen LogP contribution in [0.2, 0.25) is 0 Å². The molecule has 1 aliphatic rings. The van der Waals surface area contributed by atoms with Crippen LogP contribution >= 0.6 is 0 Å². The van der Waals surface area contributed by atoms with Crippen LogP contribution in [0.15, 0.2) is 10.9 Å². The number of anilines is 1. The van der Waals surface area contributed by atoms with E-state index < -0.39 is 0 Å². The van der Waals surface area contributed by atoms with Crippen LogP contribution in [0, 0.1) is 6.92 Å². The molecule has 2 heterocycles. The summed E-state index contributed by atoms with van der Waals surface area (Å²) in [5.41, 5.74) is 0.836. The van der Waals surface area contributed by atoms with Gasteiger partial charge in [-0.25, -0.2) is 4.98 Å². The zero-order valence-electron chi connectivity index (χ0n) is 7.71. The molecule has 1 aliphatic heterocycles. The first-order valence-electron chi connectivity index (χ1n) is 4.60. The zero-order valence-corrected chi connectivity index (χ0v) is 7.71. The smallest absolute Gasteiger partial charge is 0.255 e. The lowest BCUT2D eigenvalue weighted by Gasteiger charge is -2.08. The quantitative estimate of drug-likeness (QED) is 0.639. The fourth-order valence-electron chi connectivity index (χ4n) is 1.57. The lowest BCUT2D eigenvalue weighted by atomic mass is 10.3. The van der Waals surface area contributed by atoms with E-state index in [2.05, 4.69) is 10.3 Å². The Morgan fingerprint density at radius 3 is 3.23 bits per heavy atom. The van der Waals surface area contributed by atoms with Crippen molar-refractivity contribution in [3.63, 3.8) is 0 Å². The molecule has 0 amide bonds. The second-order valence-corrected chi connectivity index (χ2v) is 3.34. The van der Waals surface area contributed by atoms with Crippen molar-refractivity contribution in [2.45, 2.75) is 26.3 Å². The first-order chi connectivity index (χ1) is 6.27. The third-order valence-corrected chi connectivity index (χ3v) is 2.23. The van der Waals surface area contributed by atoms with Crippen LogP contribution in [0.4, 0.5) is 5.95 Å². The maximum atomic E-state index is 11.5. The minimum absolute atomic E-state index is 0.0527. The average Bonchev–Trinajstić information content (AvgIpc) is 2.28. The maximum Gasteiger partial charge on any atom is 0.255 e. The van der Waals surface area contributed by atoms with E-state index in [1.165, 1.54) is 0 Å². The summed E-state index contributed by atoms with van der Waals surface area (Å²) in [7, 11) is 0. The van der Waals surface area contributed by atoms with Crippen molar-refractivity contribution in [1.29, 1.82) is 0 Å². The standard InChI is InChI=1S/C9H13N3O/c1-7-6-8(13)12-5-3-2-4-10-9(12)11-7/h6H,2-5H2,1H3,(H,10,11). The molecule has 4 nitrogen and oxygen atoms in total. The number of hydrogen-bond donors (Lipinski definition) is 1. The Labute approximate surface area is 76.6 Å². The van der Waals surface area contributed by atoms with Gasteiger partial charge in [0, 0.05) is 24.8 Å². The molecule has 13 heavy (non-hydrogen) atoms. The minimum Gasteiger partial charge on any atom is -0.356 e. The molecule has 0 bridgehead atoms. The first-order valence-corrected chi connectivity index (χ1v) is 4.60. The number of fused-ring (bicyclic) bond motifs is 1. The highest BCUT2D eigenvalue weighted by Crippen LogP contribution is 2.08. The normalized spacial score (nSPS) is 15.8. The zero-order chi connectivity index (χ0) is 9.26. The summed E-state index contributed by atoms with van der Waals surface area (Å²) in [6.07, 6.45) is 2.15. The van der Waals surface area contributed by atoms with Crippen molar-refractivity contribution in [3.8, 4) is 0 Å². The average molecular weight is 179 g/mol. The van der Waals surface area contributed by atoms with Gasteiger partial charge in [0.25, 0.3) is 5.56 Å². The first kappa shape index (κ1) is 8.29. The lowest BCUT2D eigenvalue weighted by Crippen LogP contribution is -2.23. The van der Waals surface area contributed by atoms with Gasteiger partial charge in [-0.1, -0.05) is 0 Å². The third-order valence-electron chi connectivity index (χ3n) is 2.23. The van der Waals surface area contributed by atoms with Crippen LogP contribution in [0.25, 0.3) is 0 Å². The second-order valence-electron chi connectivity index (χ2n) is 3.34. The van der Waals surface area contributed by atoms with Crippen molar-refractivity contribution in [3.05, 3.63) is 22.1 Å². The van der Waals surface area contributed by atoms with Gasteiger partial charge in [0.2, 0.25) is 5.95 Å². The van der Waals surface area contributed by atoms with Gasteiger partial charge in [-0.3, -0.25) is 9.36 Å². The van der Waals surface area contributed by atoms with Crippen LogP contribution in [-0.2, 0) is 6.54 Å². The predicted octanol–water partition coefficient (Wildman–Crippen LogP) is 0.757. The van der Waals surface area contributed by atoms with Gasteiger partial charge in [0.1, 0.15) is 0 Å². The number of hydrogen-bond acceptors (Lipinski definition) is 3. The molecule has 0 radical (unpaired) electrons. The highest BCUT2D eigenvalue weighted by molar-refractivity contribution is 5.27. The molecule has 1 N–H and O–H groups in total. The van der Waals surface area contributed by atoms with Gasteiger partial charge in [-0.2, -0.15) is 0 Å². The molecule has 0 spiro atoms. The molecular weight excluding hydrogens is 166 g/mol. The molecule has 0 atom stereocenters. The third kappa shape index (κ3) is 1.56. The second kappa shape index (κ2) is 3.20. The minimum atomic E-state index is 0.0527. The lowest BCUT2D eigenvalue weighted by molar-refractivity contribution is 0.629.